The molecule has 0 spiro atoms. The number of primary amides is 1. The van der Waals surface area contributed by atoms with E-state index >= 15 is 0 Å². The third kappa shape index (κ3) is 4.32. The van der Waals surface area contributed by atoms with Crippen molar-refractivity contribution in [1.82, 2.24) is 14.8 Å². The van der Waals surface area contributed by atoms with Crippen molar-refractivity contribution in [3.05, 3.63) is 71.9 Å². The van der Waals surface area contributed by atoms with Gasteiger partial charge in [0.25, 0.3) is 0 Å². The smallest absolute Gasteiger partial charge is 0.241 e. The van der Waals surface area contributed by atoms with E-state index in [0.717, 1.165) is 36.0 Å². The highest BCUT2D eigenvalue weighted by Crippen LogP contribution is 2.20. The molecule has 1 atom stereocenters. The highest BCUT2D eigenvalue weighted by atomic mass is 16.2. The Kier molecular flexibility index (Phi) is 5.62. The predicted octanol–water partition coefficient (Wildman–Crippen LogP) is 1.95. The van der Waals surface area contributed by atoms with Crippen molar-refractivity contribution in [2.45, 2.75) is 18.9 Å². The van der Waals surface area contributed by atoms with E-state index < -0.39 is 11.9 Å². The molecule has 0 saturated carbocycles. The molecule has 1 aromatic heterocycles. The zero-order valence-electron chi connectivity index (χ0n) is 16.4. The predicted molar refractivity (Wildman–Crippen MR) is 113 cm³/mol. The number of nitrogens with zero attached hydrogens (tertiary/aromatic N) is 2. The van der Waals surface area contributed by atoms with Gasteiger partial charge in [0.15, 0.2) is 0 Å². The molecule has 1 aliphatic rings. The maximum Gasteiger partial charge on any atom is 0.241 e. The Hall–Kier alpha value is -3.12. The van der Waals surface area contributed by atoms with E-state index in [4.69, 9.17) is 5.73 Å². The largest absolute Gasteiger partial charge is 0.368 e. The lowest BCUT2D eigenvalue weighted by Crippen LogP contribution is -2.60. The molecule has 1 saturated heterocycles. The van der Waals surface area contributed by atoms with Crippen molar-refractivity contribution in [2.24, 2.45) is 5.73 Å². The van der Waals surface area contributed by atoms with E-state index in [-0.39, 0.29) is 12.3 Å². The van der Waals surface area contributed by atoms with Crippen molar-refractivity contribution in [3.8, 4) is 0 Å². The number of hydrogen-bond donors (Lipinski definition) is 2. The summed E-state index contributed by atoms with van der Waals surface area (Å²) in [6.45, 7) is 2.60. The number of amides is 2. The van der Waals surface area contributed by atoms with Gasteiger partial charge in [0.1, 0.15) is 6.04 Å². The number of nitrogens with one attached hydrogen (secondary N) is 1. The molecule has 6 nitrogen and oxygen atoms in total. The number of aromatic nitrogens is 1. The minimum Gasteiger partial charge on any atom is -0.368 e. The van der Waals surface area contributed by atoms with Gasteiger partial charge in [-0.1, -0.05) is 48.5 Å². The van der Waals surface area contributed by atoms with Crippen LogP contribution >= 0.6 is 0 Å². The van der Waals surface area contributed by atoms with Gasteiger partial charge in [-0.25, -0.2) is 0 Å². The second-order valence-corrected chi connectivity index (χ2v) is 7.58. The lowest BCUT2D eigenvalue weighted by atomic mass is 10.1. The van der Waals surface area contributed by atoms with Crippen LogP contribution in [-0.4, -0.2) is 58.8 Å². The average Bonchev–Trinajstić information content (AvgIpc) is 3.15. The highest BCUT2D eigenvalue weighted by Gasteiger charge is 2.34. The molecular weight excluding hydrogens is 364 g/mol. The normalized spacial score (nSPS) is 17.5. The first-order chi connectivity index (χ1) is 14.1. The van der Waals surface area contributed by atoms with Crippen LogP contribution in [0, 0.1) is 0 Å². The van der Waals surface area contributed by atoms with Crippen LogP contribution in [0.25, 0.3) is 10.9 Å². The van der Waals surface area contributed by atoms with Crippen LogP contribution in [0.4, 0.5) is 0 Å². The Bertz CT molecular complexity index is 998. The molecule has 2 amide bonds. The molecule has 3 aromatic rings. The molecule has 0 aliphatic carbocycles. The van der Waals surface area contributed by atoms with E-state index in [0.29, 0.717) is 13.1 Å². The van der Waals surface area contributed by atoms with Crippen molar-refractivity contribution >= 4 is 22.7 Å². The maximum absolute atomic E-state index is 13.0. The van der Waals surface area contributed by atoms with Gasteiger partial charge in [-0.05, 0) is 23.6 Å². The van der Waals surface area contributed by atoms with Crippen LogP contribution in [0.5, 0.6) is 0 Å². The first-order valence-corrected chi connectivity index (χ1v) is 10.0. The van der Waals surface area contributed by atoms with Gasteiger partial charge in [-0.2, -0.15) is 0 Å². The van der Waals surface area contributed by atoms with Gasteiger partial charge in [-0.15, -0.1) is 0 Å². The van der Waals surface area contributed by atoms with E-state index in [1.807, 2.05) is 48.7 Å². The summed E-state index contributed by atoms with van der Waals surface area (Å²) in [5.74, 6) is -0.497. The van der Waals surface area contributed by atoms with Gasteiger partial charge in [0.2, 0.25) is 11.8 Å². The SMILES string of the molecule is NC(=O)C1CN(CCc2ccccc2)CCN1C(=O)Cc1c[nH]c2ccccc12. The fourth-order valence-corrected chi connectivity index (χ4v) is 4.06. The Morgan fingerprint density at radius 2 is 1.79 bits per heavy atom. The van der Waals surface area contributed by atoms with Gasteiger partial charge >= 0.3 is 0 Å². The Morgan fingerprint density at radius 1 is 1.03 bits per heavy atom. The third-order valence-corrected chi connectivity index (χ3v) is 5.69. The van der Waals surface area contributed by atoms with Crippen LogP contribution < -0.4 is 5.73 Å². The molecule has 0 bridgehead atoms. The number of carbonyl (C=O) groups excluding carboxylic acids is 2. The molecule has 150 valence electrons. The molecule has 0 radical (unpaired) electrons. The number of carbonyl (C=O) groups is 2. The number of nitrogens with two attached hydrogens (primary N) is 1. The number of piperazine rings is 1. The van der Waals surface area contributed by atoms with Gasteiger partial charge in [0.05, 0.1) is 6.42 Å². The number of H-pyrrole nitrogens is 1. The van der Waals surface area contributed by atoms with E-state index in [1.54, 1.807) is 4.90 Å². The fraction of sp³-hybridized carbons (Fsp3) is 0.304. The molecule has 2 heterocycles. The van der Waals surface area contributed by atoms with Crippen LogP contribution in [0.15, 0.2) is 60.8 Å². The standard InChI is InChI=1S/C23H26N4O2/c24-23(29)21-16-26(11-10-17-6-2-1-3-7-17)12-13-27(21)22(28)14-18-15-25-20-9-5-4-8-19(18)20/h1-9,15,21,25H,10-14,16H2,(H2,24,29). The quantitative estimate of drug-likeness (QED) is 0.675. The monoisotopic (exact) mass is 390 g/mol. The van der Waals surface area contributed by atoms with Crippen LogP contribution in [0.2, 0.25) is 0 Å². The molecule has 6 heteroatoms. The zero-order chi connectivity index (χ0) is 20.2. The van der Waals surface area contributed by atoms with Crippen LogP contribution in [0.1, 0.15) is 11.1 Å². The summed E-state index contributed by atoms with van der Waals surface area (Å²) >= 11 is 0. The summed E-state index contributed by atoms with van der Waals surface area (Å²) < 4.78 is 0. The number of aromatic amines is 1. The fourth-order valence-electron chi connectivity index (χ4n) is 4.06. The van der Waals surface area contributed by atoms with E-state index in [2.05, 4.69) is 22.0 Å². The molecule has 4 rings (SSSR count). The van der Waals surface area contributed by atoms with E-state index in [1.165, 1.54) is 5.56 Å². The lowest BCUT2D eigenvalue weighted by molar-refractivity contribution is -0.142. The topological polar surface area (TPSA) is 82.4 Å². The van der Waals surface area contributed by atoms with Gasteiger partial charge in [0, 0.05) is 43.3 Å². The number of para-hydroxylation sites is 1. The molecule has 3 N–H and O–H groups in total. The minimum atomic E-state index is -0.586. The molecule has 2 aromatic carbocycles. The summed E-state index contributed by atoms with van der Waals surface area (Å²) in [6.07, 6.45) is 3.05. The molecule has 1 fully saturated rings. The van der Waals surface area contributed by atoms with Crippen molar-refractivity contribution < 1.29 is 9.59 Å². The first-order valence-electron chi connectivity index (χ1n) is 10.0. The summed E-state index contributed by atoms with van der Waals surface area (Å²) in [7, 11) is 0. The Morgan fingerprint density at radius 3 is 2.59 bits per heavy atom. The van der Waals surface area contributed by atoms with Crippen LogP contribution in [0.3, 0.4) is 0 Å². The Labute approximate surface area is 170 Å². The summed E-state index contributed by atoms with van der Waals surface area (Å²) in [5, 5.41) is 1.04. The van der Waals surface area contributed by atoms with Crippen molar-refractivity contribution in [1.29, 1.82) is 0 Å². The lowest BCUT2D eigenvalue weighted by Gasteiger charge is -2.40. The second-order valence-electron chi connectivity index (χ2n) is 7.58. The summed E-state index contributed by atoms with van der Waals surface area (Å²) in [6, 6.07) is 17.6. The summed E-state index contributed by atoms with van der Waals surface area (Å²) in [4.78, 5) is 32.2. The number of fused-ring (bicyclic) bond motifs is 1. The molecule has 29 heavy (non-hydrogen) atoms. The Balaban J connectivity index is 1.41. The van der Waals surface area contributed by atoms with E-state index in [9.17, 15) is 9.59 Å². The number of benzene rings is 2. The molecular formula is C23H26N4O2. The van der Waals surface area contributed by atoms with Gasteiger partial charge in [-0.3, -0.25) is 14.5 Å². The van der Waals surface area contributed by atoms with Crippen molar-refractivity contribution in [3.63, 3.8) is 0 Å². The second kappa shape index (κ2) is 8.49. The summed E-state index contributed by atoms with van der Waals surface area (Å²) in [5.41, 5.74) is 8.88. The molecule has 1 unspecified atom stereocenters. The third-order valence-electron chi connectivity index (χ3n) is 5.69. The van der Waals surface area contributed by atoms with Crippen molar-refractivity contribution in [2.75, 3.05) is 26.2 Å². The maximum atomic E-state index is 13.0. The highest BCUT2D eigenvalue weighted by molar-refractivity contribution is 5.91. The van der Waals surface area contributed by atoms with Gasteiger partial charge < -0.3 is 15.6 Å². The number of hydrogen-bond acceptors (Lipinski definition) is 3. The average molecular weight is 390 g/mol. The number of rotatable bonds is 6. The van der Waals surface area contributed by atoms with Crippen LogP contribution in [-0.2, 0) is 22.4 Å². The first kappa shape index (κ1) is 19.2. The zero-order valence-corrected chi connectivity index (χ0v) is 16.4. The minimum absolute atomic E-state index is 0.0544. The molecule has 1 aliphatic heterocycles.